The number of rotatable bonds is 6. The largest absolute Gasteiger partial charge is 0.406 e. The first-order valence-corrected chi connectivity index (χ1v) is 7.90. The Morgan fingerprint density at radius 1 is 1.40 bits per heavy atom. The van der Waals surface area contributed by atoms with Crippen molar-refractivity contribution in [3.63, 3.8) is 0 Å². The van der Waals surface area contributed by atoms with Crippen LogP contribution in [0.3, 0.4) is 0 Å². The number of hydrogen-bond donors (Lipinski definition) is 1. The lowest BCUT2D eigenvalue weighted by Crippen LogP contribution is -2.29. The summed E-state index contributed by atoms with van der Waals surface area (Å²) in [5, 5.41) is 7.02. The molecule has 138 valence electrons. The average molecular weight is 357 g/mol. The molecule has 0 radical (unpaired) electrons. The molecule has 0 fully saturated rings. The van der Waals surface area contributed by atoms with Crippen molar-refractivity contribution < 1.29 is 18.0 Å². The number of hydrogen-bond acceptors (Lipinski definition) is 3. The van der Waals surface area contributed by atoms with Crippen molar-refractivity contribution in [3.05, 3.63) is 35.2 Å². The zero-order chi connectivity index (χ0) is 18.8. The molecule has 0 saturated heterocycles. The standard InChI is InChI=1S/C16H22F3N5O/c1-10(15-11(2)21-22-12(15)3)7-14(25)23(4)8-13-20-5-6-24(13)9-16(17,18)19/h5-6,10H,7-9H2,1-4H3,(H,21,22). The molecule has 2 rings (SSSR count). The number of carbonyl (C=O) groups excluding carboxylic acids is 1. The fourth-order valence-corrected chi connectivity index (χ4v) is 2.93. The number of carbonyl (C=O) groups is 1. The first-order valence-electron chi connectivity index (χ1n) is 7.90. The number of nitrogens with zero attached hydrogens (tertiary/aromatic N) is 4. The van der Waals surface area contributed by atoms with Gasteiger partial charge in [-0.15, -0.1) is 0 Å². The minimum atomic E-state index is -4.33. The molecule has 2 aromatic heterocycles. The average Bonchev–Trinajstić information content (AvgIpc) is 3.04. The molecule has 1 unspecified atom stereocenters. The third-order valence-corrected chi connectivity index (χ3v) is 4.11. The van der Waals surface area contributed by atoms with E-state index in [9.17, 15) is 18.0 Å². The molecule has 0 aliphatic rings. The van der Waals surface area contributed by atoms with Crippen LogP contribution in [0.4, 0.5) is 13.2 Å². The maximum Gasteiger partial charge on any atom is 0.406 e. The number of halogens is 3. The molecule has 0 aliphatic carbocycles. The summed E-state index contributed by atoms with van der Waals surface area (Å²) < 4.78 is 38.7. The molecule has 0 aromatic carbocycles. The first-order chi connectivity index (χ1) is 11.6. The summed E-state index contributed by atoms with van der Waals surface area (Å²) in [5.74, 6) is 0.00850. The maximum atomic E-state index is 12.6. The van der Waals surface area contributed by atoms with Crippen molar-refractivity contribution in [1.29, 1.82) is 0 Å². The summed E-state index contributed by atoms with van der Waals surface area (Å²) in [6.07, 6.45) is -1.51. The molecule has 1 amide bonds. The summed E-state index contributed by atoms with van der Waals surface area (Å²) in [6, 6.07) is 0. The van der Waals surface area contributed by atoms with Gasteiger partial charge in [-0.3, -0.25) is 9.89 Å². The van der Waals surface area contributed by atoms with Crippen molar-refractivity contribution in [2.45, 2.75) is 52.4 Å². The molecule has 2 aromatic rings. The molecule has 0 bridgehead atoms. The van der Waals surface area contributed by atoms with E-state index < -0.39 is 12.7 Å². The van der Waals surface area contributed by atoms with E-state index >= 15 is 0 Å². The van der Waals surface area contributed by atoms with Gasteiger partial charge in [-0.1, -0.05) is 6.92 Å². The summed E-state index contributed by atoms with van der Waals surface area (Å²) in [4.78, 5) is 17.8. The molecule has 9 heteroatoms. The number of amides is 1. The topological polar surface area (TPSA) is 66.8 Å². The SMILES string of the molecule is Cc1n[nH]c(C)c1C(C)CC(=O)N(C)Cc1nccn1CC(F)(F)F. The highest BCUT2D eigenvalue weighted by Gasteiger charge is 2.29. The summed E-state index contributed by atoms with van der Waals surface area (Å²) in [6.45, 7) is 4.61. The summed E-state index contributed by atoms with van der Waals surface area (Å²) >= 11 is 0. The monoisotopic (exact) mass is 357 g/mol. The van der Waals surface area contributed by atoms with E-state index in [1.165, 1.54) is 17.3 Å². The minimum absolute atomic E-state index is 0.0258. The predicted molar refractivity (Wildman–Crippen MR) is 85.8 cm³/mol. The Morgan fingerprint density at radius 3 is 2.64 bits per heavy atom. The second-order valence-electron chi connectivity index (χ2n) is 6.29. The molecule has 6 nitrogen and oxygen atoms in total. The van der Waals surface area contributed by atoms with Crippen molar-refractivity contribution >= 4 is 5.91 Å². The molecule has 1 N–H and O–H groups in total. The van der Waals surface area contributed by atoms with Gasteiger partial charge in [0.05, 0.1) is 12.2 Å². The van der Waals surface area contributed by atoms with E-state index in [1.54, 1.807) is 7.05 Å². The van der Waals surface area contributed by atoms with Crippen LogP contribution in [0.1, 0.15) is 42.0 Å². The van der Waals surface area contributed by atoms with Gasteiger partial charge >= 0.3 is 6.18 Å². The molecular weight excluding hydrogens is 335 g/mol. The number of aromatic amines is 1. The van der Waals surface area contributed by atoms with Gasteiger partial charge in [0, 0.05) is 31.6 Å². The van der Waals surface area contributed by atoms with Crippen LogP contribution in [0.25, 0.3) is 0 Å². The molecule has 0 aliphatic heterocycles. The fourth-order valence-electron chi connectivity index (χ4n) is 2.93. The Morgan fingerprint density at radius 2 is 2.08 bits per heavy atom. The van der Waals surface area contributed by atoms with Gasteiger partial charge in [0.25, 0.3) is 0 Å². The van der Waals surface area contributed by atoms with Gasteiger partial charge in [0.15, 0.2) is 0 Å². The van der Waals surface area contributed by atoms with Crippen LogP contribution in [-0.2, 0) is 17.9 Å². The number of alkyl halides is 3. The van der Waals surface area contributed by atoms with Crippen LogP contribution >= 0.6 is 0 Å². The van der Waals surface area contributed by atoms with Gasteiger partial charge in [0.2, 0.25) is 5.91 Å². The van der Waals surface area contributed by atoms with Gasteiger partial charge in [-0.05, 0) is 25.3 Å². The van der Waals surface area contributed by atoms with E-state index in [0.29, 0.717) is 0 Å². The lowest BCUT2D eigenvalue weighted by molar-refractivity contribution is -0.141. The van der Waals surface area contributed by atoms with Crippen LogP contribution < -0.4 is 0 Å². The van der Waals surface area contributed by atoms with Crippen molar-refractivity contribution in [2.75, 3.05) is 7.05 Å². The van der Waals surface area contributed by atoms with Crippen LogP contribution in [0.2, 0.25) is 0 Å². The van der Waals surface area contributed by atoms with E-state index in [4.69, 9.17) is 0 Å². The molecule has 0 saturated carbocycles. The van der Waals surface area contributed by atoms with Crippen molar-refractivity contribution in [1.82, 2.24) is 24.6 Å². The van der Waals surface area contributed by atoms with Crippen molar-refractivity contribution in [3.8, 4) is 0 Å². The number of H-pyrrole nitrogens is 1. The fraction of sp³-hybridized carbons (Fsp3) is 0.562. The zero-order valence-corrected chi connectivity index (χ0v) is 14.7. The van der Waals surface area contributed by atoms with E-state index in [1.807, 2.05) is 20.8 Å². The lowest BCUT2D eigenvalue weighted by Gasteiger charge is -2.20. The maximum absolute atomic E-state index is 12.6. The second kappa shape index (κ2) is 7.28. The van der Waals surface area contributed by atoms with E-state index in [2.05, 4.69) is 15.2 Å². The van der Waals surface area contributed by atoms with Crippen molar-refractivity contribution in [2.24, 2.45) is 0 Å². The first kappa shape index (κ1) is 19.0. The predicted octanol–water partition coefficient (Wildman–Crippen LogP) is 2.94. The highest BCUT2D eigenvalue weighted by Crippen LogP contribution is 2.25. The van der Waals surface area contributed by atoms with E-state index in [-0.39, 0.29) is 30.6 Å². The molecule has 0 spiro atoms. The Bertz CT molecular complexity index is 715. The van der Waals surface area contributed by atoms with Gasteiger partial charge in [-0.2, -0.15) is 18.3 Å². The smallest absolute Gasteiger partial charge is 0.338 e. The van der Waals surface area contributed by atoms with Gasteiger partial charge < -0.3 is 9.47 Å². The molecule has 25 heavy (non-hydrogen) atoms. The number of imidazole rings is 1. The highest BCUT2D eigenvalue weighted by atomic mass is 19.4. The minimum Gasteiger partial charge on any atom is -0.338 e. The quantitative estimate of drug-likeness (QED) is 0.864. The third kappa shape index (κ3) is 4.83. The van der Waals surface area contributed by atoms with Crippen LogP contribution in [-0.4, -0.2) is 43.8 Å². The highest BCUT2D eigenvalue weighted by molar-refractivity contribution is 5.76. The normalized spacial score (nSPS) is 13.1. The van der Waals surface area contributed by atoms with Gasteiger partial charge in [0.1, 0.15) is 12.4 Å². The summed E-state index contributed by atoms with van der Waals surface area (Å²) in [5.41, 5.74) is 2.77. The second-order valence-corrected chi connectivity index (χ2v) is 6.29. The zero-order valence-electron chi connectivity index (χ0n) is 14.7. The number of aromatic nitrogens is 4. The summed E-state index contributed by atoms with van der Waals surface area (Å²) in [7, 11) is 1.57. The Balaban J connectivity index is 2.01. The Kier molecular flexibility index (Phi) is 5.54. The molecule has 2 heterocycles. The van der Waals surface area contributed by atoms with Crippen LogP contribution in [0.5, 0.6) is 0 Å². The van der Waals surface area contributed by atoms with Crippen LogP contribution in [0, 0.1) is 13.8 Å². The Hall–Kier alpha value is -2.32. The van der Waals surface area contributed by atoms with E-state index in [0.717, 1.165) is 21.5 Å². The van der Waals surface area contributed by atoms with Crippen LogP contribution in [0.15, 0.2) is 12.4 Å². The molecule has 1 atom stereocenters. The van der Waals surface area contributed by atoms with Gasteiger partial charge in [-0.25, -0.2) is 4.98 Å². The Labute approximate surface area is 144 Å². The number of nitrogens with one attached hydrogen (secondary N) is 1. The molecular formula is C16H22F3N5O. The lowest BCUT2D eigenvalue weighted by atomic mass is 9.95. The third-order valence-electron chi connectivity index (χ3n) is 4.11. The number of aryl methyl sites for hydroxylation is 2.